The number of sulfonamides is 1. The number of ether oxygens (including phenoxy) is 8. The van der Waals surface area contributed by atoms with Gasteiger partial charge >= 0.3 is 5.97 Å². The fraction of sp³-hybridized carbons (Fsp3) is 0.424. The third-order valence-corrected chi connectivity index (χ3v) is 10.2. The summed E-state index contributed by atoms with van der Waals surface area (Å²) >= 11 is 0. The van der Waals surface area contributed by atoms with Crippen LogP contribution in [0.5, 0.6) is 28.7 Å². The molecule has 0 bridgehead atoms. The molecule has 246 valence electrons. The van der Waals surface area contributed by atoms with Crippen LogP contribution in [0.2, 0.25) is 0 Å². The third-order valence-electron chi connectivity index (χ3n) is 8.03. The van der Waals surface area contributed by atoms with E-state index in [1.165, 1.54) is 7.11 Å². The number of methoxy groups -OCH3 is 1. The zero-order chi connectivity index (χ0) is 32.3. The van der Waals surface area contributed by atoms with Crippen molar-refractivity contribution in [2.24, 2.45) is 0 Å². The van der Waals surface area contributed by atoms with Crippen LogP contribution >= 0.6 is 0 Å². The molecule has 1 fully saturated rings. The Kier molecular flexibility index (Phi) is 9.54. The maximum Gasteiger partial charge on any atom is 0.327 e. The molecule has 3 aromatic rings. The summed E-state index contributed by atoms with van der Waals surface area (Å²) < 4.78 is 75.4. The van der Waals surface area contributed by atoms with E-state index < -0.39 is 28.3 Å². The van der Waals surface area contributed by atoms with Crippen molar-refractivity contribution in [3.05, 3.63) is 70.8 Å². The number of carbonyl (C=O) groups excluding carboxylic acids is 1. The first kappa shape index (κ1) is 31.9. The summed E-state index contributed by atoms with van der Waals surface area (Å²) in [5.41, 5.74) is 2.17. The second kappa shape index (κ2) is 13.8. The maximum absolute atomic E-state index is 14.7. The molecule has 0 saturated carbocycles. The van der Waals surface area contributed by atoms with Gasteiger partial charge in [-0.3, -0.25) is 4.79 Å². The predicted octanol–water partition coefficient (Wildman–Crippen LogP) is 4.62. The SMILES string of the molecule is COc1cc(C)c(S(=O)(=O)N(Cc2ccc3c(c2)OCO3)[C@H](COC2CCCCO2)C(=O)OCc2ccc3c(c2)OCO3)c(C)c1. The monoisotopic (exact) mass is 655 g/mol. The van der Waals surface area contributed by atoms with Crippen LogP contribution in [0.25, 0.3) is 0 Å². The van der Waals surface area contributed by atoms with E-state index in [0.717, 1.165) is 17.1 Å². The number of rotatable bonds is 12. The molecule has 0 aromatic heterocycles. The van der Waals surface area contributed by atoms with Gasteiger partial charge in [0.15, 0.2) is 29.3 Å². The van der Waals surface area contributed by atoms with Gasteiger partial charge in [-0.15, -0.1) is 0 Å². The highest BCUT2D eigenvalue weighted by Gasteiger charge is 2.40. The first-order valence-electron chi connectivity index (χ1n) is 15.1. The quantitative estimate of drug-likeness (QED) is 0.254. The zero-order valence-electron chi connectivity index (χ0n) is 26.0. The molecule has 12 nitrogen and oxygen atoms in total. The lowest BCUT2D eigenvalue weighted by atomic mass is 10.1. The zero-order valence-corrected chi connectivity index (χ0v) is 26.8. The fourth-order valence-corrected chi connectivity index (χ4v) is 7.69. The standard InChI is InChI=1S/C33H37NO11S/c1-21-12-25(38-3)13-22(2)32(21)46(36,37)34(16-23-7-9-27-29(14-23)44-19-42-27)26(18-40-31-6-4-5-11-39-31)33(35)41-17-24-8-10-28-30(15-24)45-20-43-28/h7-10,12-15,26,31H,4-6,11,16-20H2,1-3H3/t26-,31?/m1/s1. The van der Waals surface area contributed by atoms with Gasteiger partial charge in [0.2, 0.25) is 23.6 Å². The number of fused-ring (bicyclic) bond motifs is 2. The molecular formula is C33H37NO11S. The second-order valence-corrected chi connectivity index (χ2v) is 13.1. The normalized spacial score (nSPS) is 17.6. The average molecular weight is 656 g/mol. The van der Waals surface area contributed by atoms with Gasteiger partial charge in [0.05, 0.1) is 18.6 Å². The van der Waals surface area contributed by atoms with E-state index in [4.69, 9.17) is 37.9 Å². The lowest BCUT2D eigenvalue weighted by Crippen LogP contribution is -2.49. The van der Waals surface area contributed by atoms with Gasteiger partial charge in [-0.05, 0) is 91.8 Å². The van der Waals surface area contributed by atoms with Crippen LogP contribution in [0.15, 0.2) is 53.4 Å². The minimum absolute atomic E-state index is 0.0646. The molecule has 3 aromatic carbocycles. The van der Waals surface area contributed by atoms with Crippen LogP contribution in [-0.4, -0.2) is 64.9 Å². The van der Waals surface area contributed by atoms with Gasteiger partial charge in [-0.1, -0.05) is 12.1 Å². The molecule has 0 aliphatic carbocycles. The molecule has 0 N–H and O–H groups in total. The van der Waals surface area contributed by atoms with Gasteiger partial charge in [-0.2, -0.15) is 4.31 Å². The van der Waals surface area contributed by atoms with E-state index in [0.29, 0.717) is 64.0 Å². The Morgan fingerprint density at radius 1 is 0.891 bits per heavy atom. The number of esters is 1. The van der Waals surface area contributed by atoms with Crippen LogP contribution in [-0.2, 0) is 42.2 Å². The van der Waals surface area contributed by atoms with Crippen molar-refractivity contribution in [1.29, 1.82) is 0 Å². The minimum Gasteiger partial charge on any atom is -0.497 e. The van der Waals surface area contributed by atoms with E-state index in [1.54, 1.807) is 62.4 Å². The van der Waals surface area contributed by atoms with Crippen LogP contribution < -0.4 is 23.7 Å². The third kappa shape index (κ3) is 6.87. The van der Waals surface area contributed by atoms with E-state index in [-0.39, 0.29) is 38.2 Å². The molecule has 13 heteroatoms. The Bertz CT molecular complexity index is 1660. The van der Waals surface area contributed by atoms with Crippen LogP contribution in [0.3, 0.4) is 0 Å². The Morgan fingerprint density at radius 2 is 1.52 bits per heavy atom. The maximum atomic E-state index is 14.7. The van der Waals surface area contributed by atoms with Crippen molar-refractivity contribution >= 4 is 16.0 Å². The molecular weight excluding hydrogens is 618 g/mol. The summed E-state index contributed by atoms with van der Waals surface area (Å²) in [6, 6.07) is 12.3. The Morgan fingerprint density at radius 3 is 2.15 bits per heavy atom. The Labute approximate surface area is 268 Å². The fourth-order valence-electron chi connectivity index (χ4n) is 5.73. The molecule has 1 saturated heterocycles. The summed E-state index contributed by atoms with van der Waals surface area (Å²) in [5.74, 6) is 1.92. The van der Waals surface area contributed by atoms with Crippen molar-refractivity contribution in [3.63, 3.8) is 0 Å². The molecule has 0 radical (unpaired) electrons. The summed E-state index contributed by atoms with van der Waals surface area (Å²) in [7, 11) is -2.82. The van der Waals surface area contributed by atoms with Gasteiger partial charge in [0.1, 0.15) is 18.4 Å². The highest BCUT2D eigenvalue weighted by molar-refractivity contribution is 7.89. The summed E-state index contributed by atoms with van der Waals surface area (Å²) in [6.45, 7) is 3.50. The number of hydrogen-bond donors (Lipinski definition) is 0. The van der Waals surface area contributed by atoms with Crippen molar-refractivity contribution in [2.45, 2.75) is 63.5 Å². The molecule has 3 heterocycles. The van der Waals surface area contributed by atoms with Crippen molar-refractivity contribution in [2.75, 3.05) is 33.9 Å². The van der Waals surface area contributed by atoms with Crippen LogP contribution in [0.4, 0.5) is 0 Å². The minimum atomic E-state index is -4.34. The summed E-state index contributed by atoms with van der Waals surface area (Å²) in [5, 5.41) is 0. The van der Waals surface area contributed by atoms with E-state index >= 15 is 0 Å². The predicted molar refractivity (Wildman–Crippen MR) is 163 cm³/mol. The number of carbonyl (C=O) groups is 1. The molecule has 1 unspecified atom stereocenters. The molecule has 3 aliphatic heterocycles. The van der Waals surface area contributed by atoms with E-state index in [9.17, 15) is 13.2 Å². The average Bonchev–Trinajstić information content (AvgIpc) is 3.72. The van der Waals surface area contributed by atoms with Gasteiger partial charge in [-0.25, -0.2) is 8.42 Å². The smallest absolute Gasteiger partial charge is 0.327 e. The number of nitrogens with zero attached hydrogens (tertiary/aromatic N) is 1. The van der Waals surface area contributed by atoms with Crippen LogP contribution in [0.1, 0.15) is 41.5 Å². The van der Waals surface area contributed by atoms with E-state index in [2.05, 4.69) is 0 Å². The lowest BCUT2D eigenvalue weighted by Gasteiger charge is -2.32. The molecule has 0 amide bonds. The van der Waals surface area contributed by atoms with Gasteiger partial charge in [0.25, 0.3) is 0 Å². The summed E-state index contributed by atoms with van der Waals surface area (Å²) in [4.78, 5) is 14.1. The Hall–Kier alpha value is -4.04. The van der Waals surface area contributed by atoms with E-state index in [1.807, 2.05) is 0 Å². The molecule has 6 rings (SSSR count). The molecule has 2 atom stereocenters. The van der Waals surface area contributed by atoms with Crippen LogP contribution in [0, 0.1) is 13.8 Å². The number of hydrogen-bond acceptors (Lipinski definition) is 11. The Balaban J connectivity index is 1.36. The van der Waals surface area contributed by atoms with Crippen molar-refractivity contribution in [3.8, 4) is 28.7 Å². The van der Waals surface area contributed by atoms with Gasteiger partial charge < -0.3 is 37.9 Å². The number of benzene rings is 3. The highest BCUT2D eigenvalue weighted by atomic mass is 32.2. The first-order valence-corrected chi connectivity index (χ1v) is 16.5. The topological polar surface area (TPSA) is 128 Å². The van der Waals surface area contributed by atoms with Crippen molar-refractivity contribution < 1.29 is 51.1 Å². The molecule has 0 spiro atoms. The lowest BCUT2D eigenvalue weighted by molar-refractivity contribution is -0.177. The molecule has 46 heavy (non-hydrogen) atoms. The summed E-state index contributed by atoms with van der Waals surface area (Å²) in [6.07, 6.45) is 1.86. The first-order chi connectivity index (χ1) is 22.2. The largest absolute Gasteiger partial charge is 0.497 e. The molecule has 3 aliphatic rings. The van der Waals surface area contributed by atoms with Crippen molar-refractivity contribution in [1.82, 2.24) is 4.31 Å². The number of aryl methyl sites for hydroxylation is 2. The van der Waals surface area contributed by atoms with Gasteiger partial charge in [0, 0.05) is 13.2 Å². The highest BCUT2D eigenvalue weighted by Crippen LogP contribution is 2.36. The second-order valence-electron chi connectivity index (χ2n) is 11.3.